The maximum Gasteiger partial charge on any atom is 0.241 e. The van der Waals surface area contributed by atoms with E-state index in [1.807, 2.05) is 42.5 Å². The van der Waals surface area contributed by atoms with Crippen LogP contribution in [0.1, 0.15) is 11.3 Å². The van der Waals surface area contributed by atoms with E-state index in [0.717, 1.165) is 11.3 Å². The van der Waals surface area contributed by atoms with Crippen LogP contribution in [0.4, 0.5) is 10.1 Å². The molecule has 3 rings (SSSR count). The summed E-state index contributed by atoms with van der Waals surface area (Å²) < 4.78 is 18.9. The first-order valence-electron chi connectivity index (χ1n) is 8.64. The van der Waals surface area contributed by atoms with Crippen molar-refractivity contribution in [3.63, 3.8) is 0 Å². The van der Waals surface area contributed by atoms with Crippen LogP contribution in [0.2, 0.25) is 5.02 Å². The first kappa shape index (κ1) is 19.8. The third-order valence-electron chi connectivity index (χ3n) is 4.02. The van der Waals surface area contributed by atoms with Crippen LogP contribution in [-0.4, -0.2) is 16.9 Å². The Kier molecular flexibility index (Phi) is 6.57. The van der Waals surface area contributed by atoms with Crippen molar-refractivity contribution < 1.29 is 13.9 Å². The number of rotatable bonds is 7. The number of pyridine rings is 1. The molecule has 28 heavy (non-hydrogen) atoms. The quantitative estimate of drug-likeness (QED) is 0.630. The number of halogens is 2. The molecule has 0 aliphatic rings. The normalized spacial score (nSPS) is 11.7. The van der Waals surface area contributed by atoms with Crippen molar-refractivity contribution in [3.05, 3.63) is 89.0 Å². The maximum atomic E-state index is 13.2. The molecule has 0 unspecified atom stereocenters. The molecule has 0 fully saturated rings. The van der Waals surface area contributed by atoms with Gasteiger partial charge in [0.2, 0.25) is 5.91 Å². The number of nitrogens with one attached hydrogen (secondary N) is 1. The van der Waals surface area contributed by atoms with Crippen molar-refractivity contribution in [3.8, 4) is 5.75 Å². The summed E-state index contributed by atoms with van der Waals surface area (Å²) >= 11 is 5.71. The molecule has 0 radical (unpaired) electrons. The predicted octanol–water partition coefficient (Wildman–Crippen LogP) is 3.96. The van der Waals surface area contributed by atoms with Crippen LogP contribution < -0.4 is 15.8 Å². The lowest BCUT2D eigenvalue weighted by Crippen LogP contribution is -2.37. The number of carbonyl (C=O) groups excluding carboxylic acids is 1. The molecule has 5 nitrogen and oxygen atoms in total. The molecule has 3 N–H and O–H groups in total. The molecule has 1 amide bonds. The fourth-order valence-corrected chi connectivity index (χ4v) is 2.70. The van der Waals surface area contributed by atoms with Crippen LogP contribution in [0.25, 0.3) is 0 Å². The predicted molar refractivity (Wildman–Crippen MR) is 107 cm³/mol. The molecule has 144 valence electrons. The summed E-state index contributed by atoms with van der Waals surface area (Å²) in [6, 6.07) is 16.2. The van der Waals surface area contributed by atoms with Gasteiger partial charge in [0.1, 0.15) is 18.2 Å². The van der Waals surface area contributed by atoms with Crippen molar-refractivity contribution in [1.82, 2.24) is 4.98 Å². The monoisotopic (exact) mass is 399 g/mol. The van der Waals surface area contributed by atoms with Crippen LogP contribution in [0.15, 0.2) is 66.9 Å². The Morgan fingerprint density at radius 3 is 2.64 bits per heavy atom. The Bertz CT molecular complexity index is 936. The molecule has 1 aromatic heterocycles. The number of nitrogens with two attached hydrogens (primary N) is 1. The van der Waals surface area contributed by atoms with Crippen LogP contribution in [-0.2, 0) is 17.8 Å². The molecule has 0 bridgehead atoms. The molecule has 7 heteroatoms. The van der Waals surface area contributed by atoms with E-state index in [1.165, 1.54) is 18.2 Å². The van der Waals surface area contributed by atoms with Crippen LogP contribution in [0.5, 0.6) is 5.75 Å². The zero-order chi connectivity index (χ0) is 19.9. The van der Waals surface area contributed by atoms with Crippen LogP contribution in [0.3, 0.4) is 0 Å². The first-order chi connectivity index (χ1) is 13.5. The van der Waals surface area contributed by atoms with Gasteiger partial charge in [0, 0.05) is 11.9 Å². The Morgan fingerprint density at radius 2 is 1.96 bits per heavy atom. The summed E-state index contributed by atoms with van der Waals surface area (Å²) in [7, 11) is 0. The summed E-state index contributed by atoms with van der Waals surface area (Å²) in [5.74, 6) is -0.221. The zero-order valence-corrected chi connectivity index (χ0v) is 15.7. The molecule has 0 saturated carbocycles. The summed E-state index contributed by atoms with van der Waals surface area (Å²) in [5.41, 5.74) is 8.11. The highest BCUT2D eigenvalue weighted by Crippen LogP contribution is 2.20. The Balaban J connectivity index is 1.52. The van der Waals surface area contributed by atoms with Gasteiger partial charge < -0.3 is 15.8 Å². The van der Waals surface area contributed by atoms with Gasteiger partial charge in [-0.15, -0.1) is 0 Å². The van der Waals surface area contributed by atoms with Gasteiger partial charge in [0.05, 0.1) is 16.8 Å². The van der Waals surface area contributed by atoms with Crippen LogP contribution >= 0.6 is 11.6 Å². The van der Waals surface area contributed by atoms with Gasteiger partial charge in [-0.1, -0.05) is 29.8 Å². The van der Waals surface area contributed by atoms with E-state index in [2.05, 4.69) is 10.3 Å². The number of hydrogen-bond donors (Lipinski definition) is 2. The van der Waals surface area contributed by atoms with Gasteiger partial charge in [-0.3, -0.25) is 9.78 Å². The van der Waals surface area contributed by atoms with Gasteiger partial charge >= 0.3 is 0 Å². The van der Waals surface area contributed by atoms with Crippen molar-refractivity contribution in [2.45, 2.75) is 19.1 Å². The van der Waals surface area contributed by atoms with Gasteiger partial charge in [0.15, 0.2) is 0 Å². The average molecular weight is 400 g/mol. The second kappa shape index (κ2) is 9.30. The van der Waals surface area contributed by atoms with Gasteiger partial charge in [-0.05, 0) is 54.4 Å². The van der Waals surface area contributed by atoms with Crippen molar-refractivity contribution in [1.29, 1.82) is 0 Å². The van der Waals surface area contributed by atoms with E-state index >= 15 is 0 Å². The van der Waals surface area contributed by atoms with E-state index in [-0.39, 0.29) is 10.9 Å². The highest BCUT2D eigenvalue weighted by atomic mass is 35.5. The van der Waals surface area contributed by atoms with E-state index in [0.29, 0.717) is 24.5 Å². The number of carbonyl (C=O) groups is 1. The van der Waals surface area contributed by atoms with E-state index in [4.69, 9.17) is 22.1 Å². The second-order valence-corrected chi connectivity index (χ2v) is 6.59. The maximum absolute atomic E-state index is 13.2. The lowest BCUT2D eigenvalue weighted by molar-refractivity contribution is -0.117. The number of ether oxygens (including phenoxy) is 1. The Hall–Kier alpha value is -2.96. The SMILES string of the molecule is N[C@@H](Cc1ccc(OCc2ccccn2)cc1)C(=O)Nc1ccc(F)c(Cl)c1. The van der Waals surface area contributed by atoms with E-state index in [1.54, 1.807) is 6.20 Å². The topological polar surface area (TPSA) is 77.2 Å². The number of anilines is 1. The van der Waals surface area contributed by atoms with Crippen molar-refractivity contribution in [2.24, 2.45) is 5.73 Å². The second-order valence-electron chi connectivity index (χ2n) is 6.18. The Labute approximate surface area is 167 Å². The highest BCUT2D eigenvalue weighted by molar-refractivity contribution is 6.31. The number of hydrogen-bond acceptors (Lipinski definition) is 4. The van der Waals surface area contributed by atoms with E-state index in [9.17, 15) is 9.18 Å². The van der Waals surface area contributed by atoms with E-state index < -0.39 is 11.9 Å². The summed E-state index contributed by atoms with van der Waals surface area (Å²) in [6.45, 7) is 0.377. The summed E-state index contributed by atoms with van der Waals surface area (Å²) in [6.07, 6.45) is 2.06. The lowest BCUT2D eigenvalue weighted by atomic mass is 10.1. The third kappa shape index (κ3) is 5.52. The molecular formula is C21H19ClFN3O2. The molecule has 2 aromatic carbocycles. The molecule has 0 aliphatic carbocycles. The van der Waals surface area contributed by atoms with Crippen LogP contribution in [0, 0.1) is 5.82 Å². The molecule has 1 atom stereocenters. The number of benzene rings is 2. The number of aromatic nitrogens is 1. The van der Waals surface area contributed by atoms with Gasteiger partial charge in [-0.2, -0.15) is 0 Å². The molecule has 0 spiro atoms. The minimum atomic E-state index is -0.760. The highest BCUT2D eigenvalue weighted by Gasteiger charge is 2.15. The van der Waals surface area contributed by atoms with Crippen molar-refractivity contribution >= 4 is 23.2 Å². The standard InChI is InChI=1S/C21H19ClFN3O2/c22-18-12-15(6-9-19(18)23)26-21(27)20(24)11-14-4-7-17(8-5-14)28-13-16-3-1-2-10-25-16/h1-10,12,20H,11,13,24H2,(H,26,27)/t20-/m0/s1. The molecule has 0 saturated heterocycles. The van der Waals surface area contributed by atoms with Gasteiger partial charge in [0.25, 0.3) is 0 Å². The number of nitrogens with zero attached hydrogens (tertiary/aromatic N) is 1. The van der Waals surface area contributed by atoms with Crippen molar-refractivity contribution in [2.75, 3.05) is 5.32 Å². The first-order valence-corrected chi connectivity index (χ1v) is 9.02. The minimum Gasteiger partial charge on any atom is -0.487 e. The lowest BCUT2D eigenvalue weighted by Gasteiger charge is -2.13. The van der Waals surface area contributed by atoms with Gasteiger partial charge in [-0.25, -0.2) is 4.39 Å². The minimum absolute atomic E-state index is 0.0623. The average Bonchev–Trinajstić information content (AvgIpc) is 2.71. The summed E-state index contributed by atoms with van der Waals surface area (Å²) in [5, 5.41) is 2.57. The summed E-state index contributed by atoms with van der Waals surface area (Å²) in [4.78, 5) is 16.4. The smallest absolute Gasteiger partial charge is 0.241 e. The zero-order valence-electron chi connectivity index (χ0n) is 14.9. The molecule has 1 heterocycles. The largest absolute Gasteiger partial charge is 0.487 e. The fourth-order valence-electron chi connectivity index (χ4n) is 2.52. The number of amides is 1. The third-order valence-corrected chi connectivity index (χ3v) is 4.31. The molecular weight excluding hydrogens is 381 g/mol. The fraction of sp³-hybridized carbons (Fsp3) is 0.143. The molecule has 0 aliphatic heterocycles. The Morgan fingerprint density at radius 1 is 1.18 bits per heavy atom. The molecule has 3 aromatic rings.